The monoisotopic (exact) mass is 435 g/mol. The van der Waals surface area contributed by atoms with Gasteiger partial charge < -0.3 is 24.2 Å². The van der Waals surface area contributed by atoms with Gasteiger partial charge in [0, 0.05) is 51.1 Å². The normalized spacial score (nSPS) is 19.5. The number of aliphatic hydroxyl groups is 1. The van der Waals surface area contributed by atoms with Crippen molar-refractivity contribution in [2.45, 2.75) is 12.8 Å². The predicted octanol–water partition coefficient (Wildman–Crippen LogP) is 2.04. The highest BCUT2D eigenvalue weighted by molar-refractivity contribution is 5.92. The molecule has 2 aliphatic heterocycles. The second-order valence-corrected chi connectivity index (χ2v) is 8.67. The molecule has 2 fully saturated rings. The van der Waals surface area contributed by atoms with Gasteiger partial charge in [0.25, 0.3) is 5.56 Å². The lowest BCUT2D eigenvalue weighted by molar-refractivity contribution is 0.122. The van der Waals surface area contributed by atoms with Gasteiger partial charge in [-0.25, -0.2) is 9.97 Å². The molecule has 0 aliphatic carbocycles. The molecule has 5 rings (SSSR count). The number of anilines is 2. The smallest absolute Gasteiger partial charge is 0.264 e. The number of benzene rings is 1. The standard InChI is InChI=1S/C24H29N5O3/c1-27-16-25-21-13-20(18-4-6-19(7-5-18)28-9-11-32-12-10-28)26-23(22(21)24(27)31)29-8-2-3-17(14-29)15-30/h4-7,13,16-17,30H,2-3,8-12,14-15H2,1H3/t17-/m1/s1. The highest BCUT2D eigenvalue weighted by Gasteiger charge is 2.24. The number of fused-ring (bicyclic) bond motifs is 1. The zero-order chi connectivity index (χ0) is 22.1. The van der Waals surface area contributed by atoms with E-state index in [0.29, 0.717) is 23.3 Å². The van der Waals surface area contributed by atoms with Gasteiger partial charge in [-0.2, -0.15) is 0 Å². The summed E-state index contributed by atoms with van der Waals surface area (Å²) in [6.07, 6.45) is 3.52. The number of morpholine rings is 1. The molecule has 2 aromatic heterocycles. The van der Waals surface area contributed by atoms with Crippen LogP contribution in [0.25, 0.3) is 22.2 Å². The Labute approximate surface area is 187 Å². The number of aliphatic hydroxyl groups excluding tert-OH is 1. The lowest BCUT2D eigenvalue weighted by atomic mass is 9.98. The first kappa shape index (κ1) is 20.9. The Morgan fingerprint density at radius 1 is 1.12 bits per heavy atom. The summed E-state index contributed by atoms with van der Waals surface area (Å²) in [4.78, 5) is 27.0. The van der Waals surface area contributed by atoms with Crippen LogP contribution in [0.15, 0.2) is 41.5 Å². The summed E-state index contributed by atoms with van der Waals surface area (Å²) in [5, 5.41) is 10.2. The fourth-order valence-corrected chi connectivity index (χ4v) is 4.65. The lowest BCUT2D eigenvalue weighted by Gasteiger charge is -2.33. The molecule has 0 amide bonds. The zero-order valence-corrected chi connectivity index (χ0v) is 18.4. The third kappa shape index (κ3) is 3.96. The van der Waals surface area contributed by atoms with Crippen molar-refractivity contribution >= 4 is 22.4 Å². The average Bonchev–Trinajstić information content (AvgIpc) is 2.86. The zero-order valence-electron chi connectivity index (χ0n) is 18.4. The summed E-state index contributed by atoms with van der Waals surface area (Å²) in [5.41, 5.74) is 3.51. The lowest BCUT2D eigenvalue weighted by Crippen LogP contribution is -2.38. The van der Waals surface area contributed by atoms with E-state index >= 15 is 0 Å². The van der Waals surface area contributed by atoms with E-state index in [4.69, 9.17) is 9.72 Å². The second-order valence-electron chi connectivity index (χ2n) is 8.67. The molecule has 2 aliphatic rings. The van der Waals surface area contributed by atoms with Crippen LogP contribution < -0.4 is 15.4 Å². The minimum Gasteiger partial charge on any atom is -0.396 e. The van der Waals surface area contributed by atoms with Gasteiger partial charge in [-0.05, 0) is 37.0 Å². The molecule has 1 N–H and O–H groups in total. The number of hydrogen-bond donors (Lipinski definition) is 1. The van der Waals surface area contributed by atoms with Crippen LogP contribution in [-0.2, 0) is 11.8 Å². The fourth-order valence-electron chi connectivity index (χ4n) is 4.65. The number of hydrogen-bond acceptors (Lipinski definition) is 7. The highest BCUT2D eigenvalue weighted by Crippen LogP contribution is 2.31. The summed E-state index contributed by atoms with van der Waals surface area (Å²) in [6, 6.07) is 10.3. The van der Waals surface area contributed by atoms with E-state index in [1.807, 2.05) is 6.07 Å². The summed E-state index contributed by atoms with van der Waals surface area (Å²) in [5.74, 6) is 0.860. The van der Waals surface area contributed by atoms with Crippen LogP contribution in [0.4, 0.5) is 11.5 Å². The highest BCUT2D eigenvalue weighted by atomic mass is 16.5. The molecule has 0 bridgehead atoms. The number of piperidine rings is 1. The Hall–Kier alpha value is -2.97. The van der Waals surface area contributed by atoms with Crippen molar-refractivity contribution in [3.05, 3.63) is 47.0 Å². The summed E-state index contributed by atoms with van der Waals surface area (Å²) in [7, 11) is 1.71. The minimum atomic E-state index is -0.0992. The first-order chi connectivity index (χ1) is 15.6. The first-order valence-corrected chi connectivity index (χ1v) is 11.3. The molecule has 32 heavy (non-hydrogen) atoms. The number of rotatable bonds is 4. The molecular weight excluding hydrogens is 406 g/mol. The fraction of sp³-hybridized carbons (Fsp3) is 0.458. The topological polar surface area (TPSA) is 83.7 Å². The molecule has 8 nitrogen and oxygen atoms in total. The summed E-state index contributed by atoms with van der Waals surface area (Å²) >= 11 is 0. The number of pyridine rings is 1. The third-order valence-electron chi connectivity index (χ3n) is 6.50. The molecule has 0 saturated carbocycles. The van der Waals surface area contributed by atoms with Crippen molar-refractivity contribution in [2.24, 2.45) is 13.0 Å². The Balaban J connectivity index is 1.57. The molecule has 3 aromatic rings. The van der Waals surface area contributed by atoms with E-state index in [2.05, 4.69) is 39.0 Å². The van der Waals surface area contributed by atoms with Crippen molar-refractivity contribution in [3.8, 4) is 11.3 Å². The van der Waals surface area contributed by atoms with Crippen LogP contribution >= 0.6 is 0 Å². The van der Waals surface area contributed by atoms with E-state index in [1.54, 1.807) is 13.4 Å². The molecular formula is C24H29N5O3. The Morgan fingerprint density at radius 2 is 1.91 bits per heavy atom. The van der Waals surface area contributed by atoms with E-state index in [9.17, 15) is 9.90 Å². The van der Waals surface area contributed by atoms with Crippen LogP contribution in [0, 0.1) is 5.92 Å². The average molecular weight is 436 g/mol. The van der Waals surface area contributed by atoms with Gasteiger partial charge in [0.1, 0.15) is 11.2 Å². The van der Waals surface area contributed by atoms with E-state index in [-0.39, 0.29) is 18.1 Å². The molecule has 4 heterocycles. The van der Waals surface area contributed by atoms with Gasteiger partial charge in [0.05, 0.1) is 30.8 Å². The van der Waals surface area contributed by atoms with Gasteiger partial charge >= 0.3 is 0 Å². The summed E-state index contributed by atoms with van der Waals surface area (Å²) in [6.45, 7) is 4.95. The molecule has 0 spiro atoms. The largest absolute Gasteiger partial charge is 0.396 e. The van der Waals surface area contributed by atoms with Gasteiger partial charge in [0.15, 0.2) is 0 Å². The Kier molecular flexibility index (Phi) is 5.80. The Morgan fingerprint density at radius 3 is 2.66 bits per heavy atom. The molecule has 2 saturated heterocycles. The molecule has 8 heteroatoms. The van der Waals surface area contributed by atoms with Crippen LogP contribution in [-0.4, -0.2) is 65.6 Å². The number of aromatic nitrogens is 3. The molecule has 0 radical (unpaired) electrons. The van der Waals surface area contributed by atoms with E-state index in [1.165, 1.54) is 10.3 Å². The quantitative estimate of drug-likeness (QED) is 0.671. The van der Waals surface area contributed by atoms with Crippen molar-refractivity contribution in [2.75, 3.05) is 55.8 Å². The maximum absolute atomic E-state index is 13.0. The maximum atomic E-state index is 13.0. The molecule has 1 aromatic carbocycles. The Bertz CT molecular complexity index is 1150. The molecule has 0 unspecified atom stereocenters. The van der Waals surface area contributed by atoms with Gasteiger partial charge in [-0.15, -0.1) is 0 Å². The number of aryl methyl sites for hydroxylation is 1. The van der Waals surface area contributed by atoms with Crippen molar-refractivity contribution in [1.29, 1.82) is 0 Å². The molecule has 1 atom stereocenters. The first-order valence-electron chi connectivity index (χ1n) is 11.3. The van der Waals surface area contributed by atoms with Crippen LogP contribution in [0.1, 0.15) is 12.8 Å². The van der Waals surface area contributed by atoms with Gasteiger partial charge in [-0.3, -0.25) is 4.79 Å². The molecule has 168 valence electrons. The van der Waals surface area contributed by atoms with Gasteiger partial charge in [0.2, 0.25) is 0 Å². The third-order valence-corrected chi connectivity index (χ3v) is 6.50. The predicted molar refractivity (Wildman–Crippen MR) is 125 cm³/mol. The van der Waals surface area contributed by atoms with E-state index < -0.39 is 0 Å². The van der Waals surface area contributed by atoms with Crippen molar-refractivity contribution in [1.82, 2.24) is 14.5 Å². The van der Waals surface area contributed by atoms with Gasteiger partial charge in [-0.1, -0.05) is 12.1 Å². The van der Waals surface area contributed by atoms with Crippen molar-refractivity contribution in [3.63, 3.8) is 0 Å². The van der Waals surface area contributed by atoms with Crippen LogP contribution in [0.5, 0.6) is 0 Å². The SMILES string of the molecule is Cn1cnc2cc(-c3ccc(N4CCOCC4)cc3)nc(N3CCC[C@@H](CO)C3)c2c1=O. The second kappa shape index (κ2) is 8.88. The number of nitrogens with zero attached hydrogens (tertiary/aromatic N) is 5. The van der Waals surface area contributed by atoms with Crippen LogP contribution in [0.2, 0.25) is 0 Å². The minimum absolute atomic E-state index is 0.0992. The van der Waals surface area contributed by atoms with Crippen molar-refractivity contribution < 1.29 is 9.84 Å². The summed E-state index contributed by atoms with van der Waals surface area (Å²) < 4.78 is 6.95. The number of ether oxygens (including phenoxy) is 1. The van der Waals surface area contributed by atoms with Crippen LogP contribution in [0.3, 0.4) is 0 Å². The maximum Gasteiger partial charge on any atom is 0.264 e. The van der Waals surface area contributed by atoms with E-state index in [0.717, 1.165) is 56.9 Å².